The number of nitrogens with zero attached hydrogens (tertiary/aromatic N) is 7. The van der Waals surface area contributed by atoms with Gasteiger partial charge in [-0.3, -0.25) is 48.5 Å². The molecular formula is C45H53N9O10. The van der Waals surface area contributed by atoms with E-state index in [0.717, 1.165) is 69.0 Å². The van der Waals surface area contributed by atoms with Crippen molar-refractivity contribution in [2.24, 2.45) is 0 Å². The summed E-state index contributed by atoms with van der Waals surface area (Å²) in [5.74, 6) is -1.40. The molecule has 1 atom stereocenters. The van der Waals surface area contributed by atoms with Crippen LogP contribution in [0.15, 0.2) is 47.5 Å². The summed E-state index contributed by atoms with van der Waals surface area (Å²) in [7, 11) is 0. The number of imide groups is 2. The van der Waals surface area contributed by atoms with E-state index >= 15 is 0 Å². The van der Waals surface area contributed by atoms with Crippen molar-refractivity contribution in [1.29, 1.82) is 0 Å². The molecule has 1 unspecified atom stereocenters. The lowest BCUT2D eigenvalue weighted by molar-refractivity contribution is -0.136. The summed E-state index contributed by atoms with van der Waals surface area (Å²) in [6, 6.07) is 7.60. The predicted molar refractivity (Wildman–Crippen MR) is 233 cm³/mol. The number of carbonyl (C=O) groups is 5. The molecule has 0 bridgehead atoms. The number of hydrogen-bond acceptors (Lipinski definition) is 16. The second-order valence-corrected chi connectivity index (χ2v) is 16.3. The van der Waals surface area contributed by atoms with Crippen molar-refractivity contribution in [3.05, 3.63) is 75.3 Å². The molecule has 4 aliphatic rings. The highest BCUT2D eigenvalue weighted by Gasteiger charge is 2.46. The minimum atomic E-state index is -1.04. The van der Waals surface area contributed by atoms with Gasteiger partial charge in [-0.15, -0.1) is 0 Å². The van der Waals surface area contributed by atoms with Crippen LogP contribution in [-0.4, -0.2) is 144 Å². The molecule has 0 radical (unpaired) electrons. The van der Waals surface area contributed by atoms with E-state index in [1.807, 2.05) is 18.3 Å². The number of benzene rings is 1. The zero-order chi connectivity index (χ0) is 44.7. The van der Waals surface area contributed by atoms with Crippen molar-refractivity contribution in [3.8, 4) is 5.75 Å². The van der Waals surface area contributed by atoms with E-state index < -0.39 is 29.7 Å². The van der Waals surface area contributed by atoms with Gasteiger partial charge in [-0.1, -0.05) is 18.9 Å². The van der Waals surface area contributed by atoms with Gasteiger partial charge in [0.25, 0.3) is 17.4 Å². The number of pyridine rings is 2. The van der Waals surface area contributed by atoms with E-state index in [1.165, 1.54) is 13.0 Å². The highest BCUT2D eigenvalue weighted by Crippen LogP contribution is 2.34. The Balaban J connectivity index is 0.693. The van der Waals surface area contributed by atoms with Crippen LogP contribution in [0.4, 0.5) is 17.5 Å². The topological polar surface area (TPSA) is 217 Å². The number of piperidine rings is 1. The molecule has 64 heavy (non-hydrogen) atoms. The van der Waals surface area contributed by atoms with Gasteiger partial charge in [0.05, 0.1) is 68.2 Å². The van der Waals surface area contributed by atoms with E-state index in [4.69, 9.17) is 23.9 Å². The number of ketones is 1. The summed E-state index contributed by atoms with van der Waals surface area (Å²) in [5, 5.41) is 6.09. The van der Waals surface area contributed by atoms with Gasteiger partial charge in [0, 0.05) is 56.8 Å². The average molecular weight is 880 g/mol. The summed E-state index contributed by atoms with van der Waals surface area (Å²) in [6.07, 6.45) is 7.47. The minimum absolute atomic E-state index is 0.00310. The summed E-state index contributed by atoms with van der Waals surface area (Å²) in [6.45, 7) is 10.1. The third kappa shape index (κ3) is 9.67. The zero-order valence-corrected chi connectivity index (χ0v) is 36.1. The van der Waals surface area contributed by atoms with Gasteiger partial charge in [0.2, 0.25) is 17.8 Å². The van der Waals surface area contributed by atoms with Crippen LogP contribution in [0.2, 0.25) is 0 Å². The lowest BCUT2D eigenvalue weighted by Crippen LogP contribution is -2.54. The fourth-order valence-electron chi connectivity index (χ4n) is 8.85. The molecule has 338 valence electrons. The van der Waals surface area contributed by atoms with Crippen molar-refractivity contribution < 1.29 is 42.9 Å². The molecule has 1 aromatic carbocycles. The first-order chi connectivity index (χ1) is 31.1. The number of Topliss-reactive ketones (excluding diaryl/α,β-unsaturated/α-hetero) is 1. The fourth-order valence-corrected chi connectivity index (χ4v) is 8.85. The largest absolute Gasteiger partial charge is 0.490 e. The number of carbonyl (C=O) groups excluding carboxylic acids is 5. The van der Waals surface area contributed by atoms with Gasteiger partial charge < -0.3 is 29.2 Å². The van der Waals surface area contributed by atoms with E-state index in [2.05, 4.69) is 30.4 Å². The summed E-state index contributed by atoms with van der Waals surface area (Å²) in [4.78, 5) is 95.6. The second kappa shape index (κ2) is 20.1. The van der Waals surface area contributed by atoms with Crippen LogP contribution in [0.3, 0.4) is 0 Å². The standard InChI is InChI=1S/C45H53N9O10/c1-28-33-27-47-45(50-40(33)53(30-6-3-4-7-30)43(59)38(28)29(2)55)48-36-12-10-31(26-46-36)52-16-14-51(15-17-52)18-19-61-20-21-62-22-23-63-24-25-64-35-9-5-8-32-39(35)44(60)54(42(32)58)34-11-13-37(56)49-41(34)57/h5,8-10,12,26-27,30,34H,3-4,6-7,11,13-25H2,1-2H3,(H,49,56,57)(H,46,47,48,50). The normalized spacial score (nSPS) is 18.2. The highest BCUT2D eigenvalue weighted by molar-refractivity contribution is 6.24. The Hall–Kier alpha value is -6.15. The maximum absolute atomic E-state index is 13.6. The molecule has 19 heteroatoms. The average Bonchev–Trinajstić information content (AvgIpc) is 3.90. The molecule has 3 aromatic heterocycles. The number of piperazine rings is 1. The van der Waals surface area contributed by atoms with Crippen LogP contribution in [0.25, 0.3) is 11.0 Å². The second-order valence-electron chi connectivity index (χ2n) is 16.3. The van der Waals surface area contributed by atoms with Crippen molar-refractivity contribution >= 4 is 57.9 Å². The molecule has 1 aliphatic carbocycles. The van der Waals surface area contributed by atoms with Crippen molar-refractivity contribution in [2.45, 2.75) is 64.5 Å². The van der Waals surface area contributed by atoms with Crippen molar-refractivity contribution in [1.82, 2.24) is 34.6 Å². The lowest BCUT2D eigenvalue weighted by atomic mass is 10.0. The van der Waals surface area contributed by atoms with Gasteiger partial charge in [0.15, 0.2) is 5.78 Å². The smallest absolute Gasteiger partial charge is 0.266 e. The molecule has 2 saturated heterocycles. The van der Waals surface area contributed by atoms with Gasteiger partial charge in [-0.2, -0.15) is 4.98 Å². The molecule has 1 saturated carbocycles. The number of ether oxygens (including phenoxy) is 4. The van der Waals surface area contributed by atoms with E-state index in [0.29, 0.717) is 61.4 Å². The molecule has 4 amide bonds. The molecule has 3 aliphatic heterocycles. The third-order valence-electron chi connectivity index (χ3n) is 12.2. The molecule has 8 rings (SSSR count). The van der Waals surface area contributed by atoms with Gasteiger partial charge in [-0.05, 0) is 62.9 Å². The molecule has 4 aromatic rings. The van der Waals surface area contributed by atoms with Gasteiger partial charge >= 0.3 is 0 Å². The van der Waals surface area contributed by atoms with Gasteiger partial charge in [0.1, 0.15) is 29.9 Å². The lowest BCUT2D eigenvalue weighted by Gasteiger charge is -2.35. The number of amides is 4. The summed E-state index contributed by atoms with van der Waals surface area (Å²) in [5.41, 5.74) is 2.35. The molecule has 19 nitrogen and oxygen atoms in total. The predicted octanol–water partition coefficient (Wildman–Crippen LogP) is 3.21. The quantitative estimate of drug-likeness (QED) is 0.0786. The summed E-state index contributed by atoms with van der Waals surface area (Å²) >= 11 is 0. The van der Waals surface area contributed by atoms with Crippen LogP contribution in [0.5, 0.6) is 5.75 Å². The van der Waals surface area contributed by atoms with Crippen molar-refractivity contribution in [3.63, 3.8) is 0 Å². The number of rotatable bonds is 19. The maximum Gasteiger partial charge on any atom is 0.266 e. The zero-order valence-electron chi connectivity index (χ0n) is 36.1. The third-order valence-corrected chi connectivity index (χ3v) is 12.2. The number of nitrogens with one attached hydrogen (secondary N) is 2. The maximum atomic E-state index is 13.6. The monoisotopic (exact) mass is 879 g/mol. The fraction of sp³-hybridized carbons (Fsp3) is 0.489. The number of anilines is 3. The van der Waals surface area contributed by atoms with Crippen LogP contribution in [0, 0.1) is 6.92 Å². The Labute approximate surface area is 369 Å². The van der Waals surface area contributed by atoms with Gasteiger partial charge in [-0.25, -0.2) is 9.97 Å². The van der Waals surface area contributed by atoms with Crippen LogP contribution in [0.1, 0.15) is 88.1 Å². The van der Waals surface area contributed by atoms with Crippen LogP contribution >= 0.6 is 0 Å². The first-order valence-electron chi connectivity index (χ1n) is 21.9. The Morgan fingerprint density at radius 2 is 1.55 bits per heavy atom. The molecule has 6 heterocycles. The number of aryl methyl sites for hydroxylation is 1. The first kappa shape index (κ1) is 44.5. The van der Waals surface area contributed by atoms with Crippen molar-refractivity contribution in [2.75, 3.05) is 89.2 Å². The van der Waals surface area contributed by atoms with E-state index in [1.54, 1.807) is 29.8 Å². The van der Waals surface area contributed by atoms with Crippen LogP contribution < -0.4 is 25.8 Å². The Kier molecular flexibility index (Phi) is 14.0. The van der Waals surface area contributed by atoms with E-state index in [-0.39, 0.29) is 65.9 Å². The molecular weight excluding hydrogens is 827 g/mol. The Morgan fingerprint density at radius 1 is 0.828 bits per heavy atom. The summed E-state index contributed by atoms with van der Waals surface area (Å²) < 4.78 is 24.5. The first-order valence-corrected chi connectivity index (χ1v) is 21.9. The Bertz CT molecular complexity index is 2460. The molecule has 2 N–H and O–H groups in total. The SMILES string of the molecule is CC(=O)c1c(C)c2cnc(Nc3ccc(N4CCN(CCOCCOCCOCCOc5cccc6c5C(=O)N(C5CCC(=O)NC5=O)C6=O)CC4)cn3)nc2n(C2CCCC2)c1=O. The number of fused-ring (bicyclic) bond motifs is 2. The van der Waals surface area contributed by atoms with Crippen LogP contribution in [-0.2, 0) is 23.8 Å². The molecule has 3 fully saturated rings. The number of hydrogen-bond donors (Lipinski definition) is 2. The molecule has 0 spiro atoms. The highest BCUT2D eigenvalue weighted by atomic mass is 16.6. The van der Waals surface area contributed by atoms with E-state index in [9.17, 15) is 28.8 Å². The Morgan fingerprint density at radius 3 is 2.23 bits per heavy atom. The minimum Gasteiger partial charge on any atom is -0.490 e. The number of aromatic nitrogens is 4.